The molecule has 1 aromatic carbocycles. The molecule has 6 nitrogen and oxygen atoms in total. The van der Waals surface area contributed by atoms with Crippen LogP contribution in [0.2, 0.25) is 0 Å². The molecule has 6 heteroatoms. The average Bonchev–Trinajstić information content (AvgIpc) is 2.95. The number of carbonyl (C=O) groups is 1. The van der Waals surface area contributed by atoms with E-state index in [9.17, 15) is 9.59 Å². The zero-order valence-electron chi connectivity index (χ0n) is 15.6. The summed E-state index contributed by atoms with van der Waals surface area (Å²) in [4.78, 5) is 26.4. The number of nitrogens with zero attached hydrogens (tertiary/aromatic N) is 2. The van der Waals surface area contributed by atoms with Gasteiger partial charge in [0.05, 0.1) is 5.52 Å². The number of amides is 1. The minimum atomic E-state index is -0.408. The van der Waals surface area contributed by atoms with Crippen molar-refractivity contribution < 1.29 is 9.21 Å². The molecular formula is C20H29N3O3. The van der Waals surface area contributed by atoms with Crippen LogP contribution in [0, 0.1) is 5.92 Å². The number of benzene rings is 1. The normalized spacial score (nSPS) is 18.3. The zero-order valence-corrected chi connectivity index (χ0v) is 15.6. The van der Waals surface area contributed by atoms with Gasteiger partial charge < -0.3 is 14.6 Å². The summed E-state index contributed by atoms with van der Waals surface area (Å²) in [5.74, 6) is 0.384. The summed E-state index contributed by atoms with van der Waals surface area (Å²) in [5, 5.41) is 2.96. The zero-order chi connectivity index (χ0) is 18.4. The number of oxazole rings is 1. The summed E-state index contributed by atoms with van der Waals surface area (Å²) in [6.45, 7) is 6.90. The van der Waals surface area contributed by atoms with Crippen LogP contribution in [0.1, 0.15) is 39.0 Å². The standard InChI is InChI=1S/C20H29N3O3/c1-16-7-6-13-22(15-16)12-5-4-11-21-19(24)10-14-23-17-8-2-3-9-18(17)26-20(23)25/h2-3,8-9,16H,4-7,10-15H2,1H3,(H,21,24). The number of piperidine rings is 1. The van der Waals surface area contributed by atoms with E-state index in [-0.39, 0.29) is 12.3 Å². The Morgan fingerprint density at radius 2 is 2.12 bits per heavy atom. The van der Waals surface area contributed by atoms with Crippen molar-refractivity contribution in [1.82, 2.24) is 14.8 Å². The molecule has 1 N–H and O–H groups in total. The first-order valence-electron chi connectivity index (χ1n) is 9.71. The first kappa shape index (κ1) is 18.7. The van der Waals surface area contributed by atoms with Gasteiger partial charge in [0, 0.05) is 26.1 Å². The third-order valence-corrected chi connectivity index (χ3v) is 5.10. The van der Waals surface area contributed by atoms with Crippen LogP contribution in [-0.2, 0) is 11.3 Å². The highest BCUT2D eigenvalue weighted by Crippen LogP contribution is 2.15. The topological polar surface area (TPSA) is 67.5 Å². The van der Waals surface area contributed by atoms with Gasteiger partial charge in [-0.3, -0.25) is 9.36 Å². The number of rotatable bonds is 8. The molecule has 1 aliphatic heterocycles. The summed E-state index contributed by atoms with van der Waals surface area (Å²) in [5.41, 5.74) is 1.30. The molecule has 0 aliphatic carbocycles. The molecule has 3 rings (SSSR count). The number of likely N-dealkylation sites (tertiary alicyclic amines) is 1. The molecule has 0 radical (unpaired) electrons. The number of aryl methyl sites for hydroxylation is 1. The molecule has 0 saturated carbocycles. The molecule has 2 heterocycles. The lowest BCUT2D eigenvalue weighted by Crippen LogP contribution is -2.35. The van der Waals surface area contributed by atoms with Gasteiger partial charge in [-0.15, -0.1) is 0 Å². The highest BCUT2D eigenvalue weighted by Gasteiger charge is 2.15. The van der Waals surface area contributed by atoms with Crippen molar-refractivity contribution in [2.75, 3.05) is 26.2 Å². The number of fused-ring (bicyclic) bond motifs is 1. The monoisotopic (exact) mass is 359 g/mol. The number of unbranched alkanes of at least 4 members (excludes halogenated alkanes) is 1. The fourth-order valence-electron chi connectivity index (χ4n) is 3.71. The van der Waals surface area contributed by atoms with Crippen LogP contribution in [0.3, 0.4) is 0 Å². The van der Waals surface area contributed by atoms with Crippen molar-refractivity contribution in [3.63, 3.8) is 0 Å². The molecule has 142 valence electrons. The number of carbonyl (C=O) groups excluding carboxylic acids is 1. The van der Waals surface area contributed by atoms with Crippen molar-refractivity contribution >= 4 is 17.0 Å². The second-order valence-electron chi connectivity index (χ2n) is 7.34. The average molecular weight is 359 g/mol. The molecule has 2 aromatic rings. The van der Waals surface area contributed by atoms with E-state index in [0.717, 1.165) is 30.8 Å². The Morgan fingerprint density at radius 1 is 1.27 bits per heavy atom. The molecule has 0 spiro atoms. The van der Waals surface area contributed by atoms with Crippen LogP contribution in [0.15, 0.2) is 33.5 Å². The summed E-state index contributed by atoms with van der Waals surface area (Å²) >= 11 is 0. The van der Waals surface area contributed by atoms with Crippen LogP contribution in [0.25, 0.3) is 11.1 Å². The smallest absolute Gasteiger partial charge is 0.408 e. The van der Waals surface area contributed by atoms with Crippen LogP contribution in [0.4, 0.5) is 0 Å². The SMILES string of the molecule is CC1CCCN(CCCCNC(=O)CCn2c(=O)oc3ccccc32)C1. The molecule has 1 fully saturated rings. The van der Waals surface area contributed by atoms with E-state index in [0.29, 0.717) is 18.7 Å². The maximum atomic E-state index is 12.0. The second kappa shape index (κ2) is 9.03. The molecule has 1 aromatic heterocycles. The van der Waals surface area contributed by atoms with Crippen LogP contribution in [0.5, 0.6) is 0 Å². The van der Waals surface area contributed by atoms with E-state index in [2.05, 4.69) is 17.1 Å². The van der Waals surface area contributed by atoms with E-state index in [1.807, 2.05) is 18.2 Å². The van der Waals surface area contributed by atoms with E-state index in [4.69, 9.17) is 4.42 Å². The van der Waals surface area contributed by atoms with E-state index < -0.39 is 5.76 Å². The molecular weight excluding hydrogens is 330 g/mol. The highest BCUT2D eigenvalue weighted by molar-refractivity contribution is 5.76. The summed E-state index contributed by atoms with van der Waals surface area (Å²) < 4.78 is 6.70. The van der Waals surface area contributed by atoms with Gasteiger partial charge in [-0.05, 0) is 56.8 Å². The fraction of sp³-hybridized carbons (Fsp3) is 0.600. The lowest BCUT2D eigenvalue weighted by Gasteiger charge is -2.30. The van der Waals surface area contributed by atoms with Crippen molar-refractivity contribution in [1.29, 1.82) is 0 Å². The van der Waals surface area contributed by atoms with Crippen molar-refractivity contribution in [3.8, 4) is 0 Å². The highest BCUT2D eigenvalue weighted by atomic mass is 16.4. The van der Waals surface area contributed by atoms with Gasteiger partial charge >= 0.3 is 5.76 Å². The number of hydrogen-bond acceptors (Lipinski definition) is 4. The minimum Gasteiger partial charge on any atom is -0.408 e. The maximum Gasteiger partial charge on any atom is 0.419 e. The first-order valence-corrected chi connectivity index (χ1v) is 9.71. The lowest BCUT2D eigenvalue weighted by atomic mass is 10.0. The summed E-state index contributed by atoms with van der Waals surface area (Å²) in [6, 6.07) is 7.28. The van der Waals surface area contributed by atoms with Crippen molar-refractivity contribution in [2.45, 2.75) is 45.6 Å². The molecule has 1 unspecified atom stereocenters. The molecule has 1 amide bonds. The van der Waals surface area contributed by atoms with E-state index >= 15 is 0 Å². The Hall–Kier alpha value is -2.08. The van der Waals surface area contributed by atoms with E-state index in [1.165, 1.54) is 30.5 Å². The van der Waals surface area contributed by atoms with Gasteiger partial charge in [-0.2, -0.15) is 0 Å². The summed E-state index contributed by atoms with van der Waals surface area (Å²) in [7, 11) is 0. The van der Waals surface area contributed by atoms with Gasteiger partial charge in [0.2, 0.25) is 5.91 Å². The largest absolute Gasteiger partial charge is 0.419 e. The number of nitrogens with one attached hydrogen (secondary N) is 1. The van der Waals surface area contributed by atoms with Crippen molar-refractivity contribution in [2.24, 2.45) is 5.92 Å². The Bertz CT molecular complexity index is 780. The number of aromatic nitrogens is 1. The van der Waals surface area contributed by atoms with Crippen LogP contribution in [-0.4, -0.2) is 41.6 Å². The van der Waals surface area contributed by atoms with E-state index in [1.54, 1.807) is 6.07 Å². The van der Waals surface area contributed by atoms with Gasteiger partial charge in [0.1, 0.15) is 0 Å². The molecule has 1 saturated heterocycles. The van der Waals surface area contributed by atoms with Crippen LogP contribution < -0.4 is 11.1 Å². The third-order valence-electron chi connectivity index (χ3n) is 5.10. The molecule has 1 atom stereocenters. The first-order chi connectivity index (χ1) is 12.6. The number of hydrogen-bond donors (Lipinski definition) is 1. The number of para-hydroxylation sites is 2. The van der Waals surface area contributed by atoms with Crippen molar-refractivity contribution in [3.05, 3.63) is 34.8 Å². The van der Waals surface area contributed by atoms with Gasteiger partial charge in [-0.1, -0.05) is 19.1 Å². The predicted octanol–water partition coefficient (Wildman–Crippen LogP) is 2.61. The molecule has 1 aliphatic rings. The van der Waals surface area contributed by atoms with Gasteiger partial charge in [0.25, 0.3) is 0 Å². The molecule has 0 bridgehead atoms. The quantitative estimate of drug-likeness (QED) is 0.736. The van der Waals surface area contributed by atoms with Crippen LogP contribution >= 0.6 is 0 Å². The maximum absolute atomic E-state index is 12.0. The Kier molecular flexibility index (Phi) is 6.50. The Labute approximate surface area is 154 Å². The minimum absolute atomic E-state index is 0.0197. The Morgan fingerprint density at radius 3 is 2.96 bits per heavy atom. The second-order valence-corrected chi connectivity index (χ2v) is 7.34. The van der Waals surface area contributed by atoms with Gasteiger partial charge in [0.15, 0.2) is 5.58 Å². The Balaban J connectivity index is 1.34. The summed E-state index contributed by atoms with van der Waals surface area (Å²) in [6.07, 6.45) is 5.04. The predicted molar refractivity (Wildman–Crippen MR) is 102 cm³/mol. The molecule has 26 heavy (non-hydrogen) atoms. The third kappa shape index (κ3) is 4.97. The van der Waals surface area contributed by atoms with Gasteiger partial charge in [-0.25, -0.2) is 4.79 Å². The lowest BCUT2D eigenvalue weighted by molar-refractivity contribution is -0.121. The fourth-order valence-corrected chi connectivity index (χ4v) is 3.71.